The topological polar surface area (TPSA) is 75.7 Å². The predicted molar refractivity (Wildman–Crippen MR) is 104 cm³/mol. The largest absolute Gasteiger partial charge is 0.494 e. The van der Waals surface area contributed by atoms with Crippen LogP contribution in [0.5, 0.6) is 5.75 Å². The normalized spacial score (nSPS) is 18.4. The van der Waals surface area contributed by atoms with Crippen molar-refractivity contribution in [1.29, 1.82) is 0 Å². The molecule has 7 heteroatoms. The Hall–Kier alpha value is -2.54. The van der Waals surface area contributed by atoms with Gasteiger partial charge in [-0.25, -0.2) is 8.42 Å². The SMILES string of the molecule is CCOc1ccc(NS(=O)(=O)c2cc3c4c(c2)[C@@H](C)C(=O)N4CCC3)cc1. The van der Waals surface area contributed by atoms with Crippen LogP contribution in [-0.2, 0) is 21.2 Å². The van der Waals surface area contributed by atoms with Crippen LogP contribution in [0.15, 0.2) is 41.3 Å². The number of rotatable bonds is 5. The Morgan fingerprint density at radius 3 is 2.67 bits per heavy atom. The van der Waals surface area contributed by atoms with Crippen LogP contribution < -0.4 is 14.4 Å². The van der Waals surface area contributed by atoms with E-state index in [0.717, 1.165) is 29.7 Å². The highest BCUT2D eigenvalue weighted by Gasteiger charge is 2.38. The van der Waals surface area contributed by atoms with E-state index in [1.165, 1.54) is 0 Å². The summed E-state index contributed by atoms with van der Waals surface area (Å²) in [6, 6.07) is 10.2. The van der Waals surface area contributed by atoms with Crippen LogP contribution in [0.25, 0.3) is 0 Å². The first kappa shape index (κ1) is 17.9. The molecule has 2 aromatic carbocycles. The summed E-state index contributed by atoms with van der Waals surface area (Å²) in [7, 11) is -3.75. The van der Waals surface area contributed by atoms with Gasteiger partial charge in [-0.05, 0) is 74.2 Å². The van der Waals surface area contributed by atoms with Gasteiger partial charge in [0.25, 0.3) is 10.0 Å². The molecule has 0 saturated carbocycles. The van der Waals surface area contributed by atoms with Crippen LogP contribution in [0.3, 0.4) is 0 Å². The van der Waals surface area contributed by atoms with Crippen LogP contribution in [0.2, 0.25) is 0 Å². The second-order valence-electron chi connectivity index (χ2n) is 6.90. The van der Waals surface area contributed by atoms with E-state index < -0.39 is 10.0 Å². The zero-order valence-electron chi connectivity index (χ0n) is 15.4. The Labute approximate surface area is 159 Å². The molecule has 0 aliphatic carbocycles. The molecule has 2 aliphatic heterocycles. The molecule has 0 fully saturated rings. The summed E-state index contributed by atoms with van der Waals surface area (Å²) in [5.41, 5.74) is 3.13. The second-order valence-corrected chi connectivity index (χ2v) is 8.58. The third kappa shape index (κ3) is 3.06. The monoisotopic (exact) mass is 386 g/mol. The quantitative estimate of drug-likeness (QED) is 0.856. The number of hydrogen-bond donors (Lipinski definition) is 1. The van der Waals surface area contributed by atoms with E-state index >= 15 is 0 Å². The number of aryl methyl sites for hydroxylation is 1. The summed E-state index contributed by atoms with van der Waals surface area (Å²) < 4.78 is 33.9. The van der Waals surface area contributed by atoms with Crippen molar-refractivity contribution in [3.05, 3.63) is 47.5 Å². The van der Waals surface area contributed by atoms with Crippen molar-refractivity contribution in [2.24, 2.45) is 0 Å². The number of amides is 1. The van der Waals surface area contributed by atoms with E-state index in [1.807, 2.05) is 13.8 Å². The Balaban J connectivity index is 1.68. The first-order valence-electron chi connectivity index (χ1n) is 9.14. The van der Waals surface area contributed by atoms with E-state index in [0.29, 0.717) is 24.6 Å². The molecule has 2 aromatic rings. The van der Waals surface area contributed by atoms with Crippen molar-refractivity contribution in [2.75, 3.05) is 22.8 Å². The summed E-state index contributed by atoms with van der Waals surface area (Å²) in [5.74, 6) is 0.437. The maximum atomic E-state index is 12.9. The average Bonchev–Trinajstić information content (AvgIpc) is 2.90. The van der Waals surface area contributed by atoms with Crippen molar-refractivity contribution < 1.29 is 17.9 Å². The number of carbonyl (C=O) groups is 1. The fourth-order valence-electron chi connectivity index (χ4n) is 3.82. The molecule has 0 spiro atoms. The van der Waals surface area contributed by atoms with Gasteiger partial charge in [0.1, 0.15) is 5.75 Å². The van der Waals surface area contributed by atoms with Gasteiger partial charge in [0.2, 0.25) is 5.91 Å². The molecule has 142 valence electrons. The minimum absolute atomic E-state index is 0.0555. The molecule has 2 aliphatic rings. The molecule has 0 aromatic heterocycles. The summed E-state index contributed by atoms with van der Waals surface area (Å²) in [6.45, 7) is 4.99. The number of carbonyl (C=O) groups excluding carboxylic acids is 1. The Morgan fingerprint density at radius 1 is 1.22 bits per heavy atom. The molecule has 0 unspecified atom stereocenters. The standard InChI is InChI=1S/C20H22N2O4S/c1-3-26-16-8-6-15(7-9-16)21-27(24,25)17-11-14-5-4-10-22-19(14)18(12-17)13(2)20(22)23/h6-9,11-13,21H,3-5,10H2,1-2H3/t13-/m1/s1. The maximum absolute atomic E-state index is 12.9. The van der Waals surface area contributed by atoms with E-state index in [9.17, 15) is 13.2 Å². The molecule has 0 bridgehead atoms. The van der Waals surface area contributed by atoms with Gasteiger partial charge in [0.15, 0.2) is 0 Å². The molecule has 27 heavy (non-hydrogen) atoms. The molecular formula is C20H22N2O4S. The van der Waals surface area contributed by atoms with Gasteiger partial charge >= 0.3 is 0 Å². The average molecular weight is 386 g/mol. The van der Waals surface area contributed by atoms with E-state index in [1.54, 1.807) is 41.3 Å². The molecule has 1 N–H and O–H groups in total. The number of nitrogens with zero attached hydrogens (tertiary/aromatic N) is 1. The Morgan fingerprint density at radius 2 is 1.96 bits per heavy atom. The number of ether oxygens (including phenoxy) is 1. The minimum atomic E-state index is -3.75. The molecule has 6 nitrogen and oxygen atoms in total. The Kier molecular flexibility index (Phi) is 4.34. The molecule has 0 radical (unpaired) electrons. The van der Waals surface area contributed by atoms with Crippen LogP contribution in [0.4, 0.5) is 11.4 Å². The van der Waals surface area contributed by atoms with Crippen molar-refractivity contribution in [3.8, 4) is 5.75 Å². The molecule has 1 amide bonds. The summed E-state index contributed by atoms with van der Waals surface area (Å²) in [4.78, 5) is 14.5. The lowest BCUT2D eigenvalue weighted by Crippen LogP contribution is -2.32. The first-order chi connectivity index (χ1) is 12.9. The van der Waals surface area contributed by atoms with Gasteiger partial charge in [0, 0.05) is 12.2 Å². The fraction of sp³-hybridized carbons (Fsp3) is 0.350. The zero-order chi connectivity index (χ0) is 19.2. The molecular weight excluding hydrogens is 364 g/mol. The predicted octanol–water partition coefficient (Wildman–Crippen LogP) is 3.28. The smallest absolute Gasteiger partial charge is 0.261 e. The van der Waals surface area contributed by atoms with Crippen molar-refractivity contribution in [3.63, 3.8) is 0 Å². The number of sulfonamides is 1. The van der Waals surface area contributed by atoms with Crippen LogP contribution in [0.1, 0.15) is 37.3 Å². The number of hydrogen-bond acceptors (Lipinski definition) is 4. The number of nitrogens with one attached hydrogen (secondary N) is 1. The van der Waals surface area contributed by atoms with Gasteiger partial charge in [0.05, 0.1) is 23.1 Å². The minimum Gasteiger partial charge on any atom is -0.494 e. The van der Waals surface area contributed by atoms with Gasteiger partial charge < -0.3 is 9.64 Å². The molecule has 2 heterocycles. The molecule has 0 saturated heterocycles. The van der Waals surface area contributed by atoms with E-state index in [4.69, 9.17) is 4.74 Å². The van der Waals surface area contributed by atoms with Gasteiger partial charge in [-0.1, -0.05) is 0 Å². The third-order valence-electron chi connectivity index (χ3n) is 5.12. The molecule has 1 atom stereocenters. The lowest BCUT2D eigenvalue weighted by molar-refractivity contribution is -0.119. The second kappa shape index (κ2) is 6.56. The molecule has 4 rings (SSSR count). The Bertz CT molecular complexity index is 999. The van der Waals surface area contributed by atoms with Crippen LogP contribution >= 0.6 is 0 Å². The lowest BCUT2D eigenvalue weighted by atomic mass is 9.97. The lowest BCUT2D eigenvalue weighted by Gasteiger charge is -2.26. The van der Waals surface area contributed by atoms with Crippen LogP contribution in [-0.4, -0.2) is 27.5 Å². The highest BCUT2D eigenvalue weighted by atomic mass is 32.2. The van der Waals surface area contributed by atoms with Crippen molar-refractivity contribution >= 4 is 27.3 Å². The fourth-order valence-corrected chi connectivity index (χ4v) is 4.96. The number of benzene rings is 2. The summed E-state index contributed by atoms with van der Waals surface area (Å²) in [5, 5.41) is 0. The van der Waals surface area contributed by atoms with Gasteiger partial charge in [-0.2, -0.15) is 0 Å². The highest BCUT2D eigenvalue weighted by Crippen LogP contribution is 2.44. The summed E-state index contributed by atoms with van der Waals surface area (Å²) in [6.07, 6.45) is 1.63. The maximum Gasteiger partial charge on any atom is 0.261 e. The highest BCUT2D eigenvalue weighted by molar-refractivity contribution is 7.92. The summed E-state index contributed by atoms with van der Waals surface area (Å²) >= 11 is 0. The first-order valence-corrected chi connectivity index (χ1v) is 10.6. The van der Waals surface area contributed by atoms with Crippen LogP contribution in [0, 0.1) is 0 Å². The van der Waals surface area contributed by atoms with Crippen molar-refractivity contribution in [2.45, 2.75) is 37.5 Å². The van der Waals surface area contributed by atoms with E-state index in [-0.39, 0.29) is 16.7 Å². The zero-order valence-corrected chi connectivity index (χ0v) is 16.2. The van der Waals surface area contributed by atoms with E-state index in [2.05, 4.69) is 4.72 Å². The van der Waals surface area contributed by atoms with Gasteiger partial charge in [-0.15, -0.1) is 0 Å². The number of anilines is 2. The van der Waals surface area contributed by atoms with Gasteiger partial charge in [-0.3, -0.25) is 9.52 Å². The third-order valence-corrected chi connectivity index (χ3v) is 6.48. The van der Waals surface area contributed by atoms with Crippen molar-refractivity contribution in [1.82, 2.24) is 0 Å².